The Labute approximate surface area is 200 Å². The predicted octanol–water partition coefficient (Wildman–Crippen LogP) is 8.12. The van der Waals surface area contributed by atoms with Gasteiger partial charge in [-0.2, -0.15) is 0 Å². The van der Waals surface area contributed by atoms with Gasteiger partial charge in [0.05, 0.1) is 16.7 Å². The van der Waals surface area contributed by atoms with E-state index in [2.05, 4.69) is 102 Å². The number of benzene rings is 4. The summed E-state index contributed by atoms with van der Waals surface area (Å²) in [5, 5.41) is 2.40. The fourth-order valence-corrected chi connectivity index (χ4v) is 5.85. The SMILES string of the molecule is c1ccc(-c2ccc3c(n2)sc2c(-c4nc5ccccc5n4-c4ccccc4)cccc23)cc1. The highest BCUT2D eigenvalue weighted by molar-refractivity contribution is 7.26. The van der Waals surface area contributed by atoms with Crippen molar-refractivity contribution < 1.29 is 0 Å². The first kappa shape index (κ1) is 19.2. The Kier molecular flexibility index (Phi) is 4.32. The Bertz CT molecular complexity index is 1800. The Morgan fingerprint density at radius 2 is 1.35 bits per heavy atom. The molecule has 7 aromatic rings. The minimum Gasteiger partial charge on any atom is -0.292 e. The van der Waals surface area contributed by atoms with Crippen molar-refractivity contribution in [1.82, 2.24) is 14.5 Å². The summed E-state index contributed by atoms with van der Waals surface area (Å²) in [4.78, 5) is 11.2. The first-order valence-electron chi connectivity index (χ1n) is 11.3. The van der Waals surface area contributed by atoms with Crippen molar-refractivity contribution in [1.29, 1.82) is 0 Å². The molecule has 3 aromatic heterocycles. The molecule has 160 valence electrons. The molecule has 7 rings (SSSR count). The zero-order valence-corrected chi connectivity index (χ0v) is 19.0. The maximum absolute atomic E-state index is 5.09. The summed E-state index contributed by atoms with van der Waals surface area (Å²) in [7, 11) is 0. The summed E-state index contributed by atoms with van der Waals surface area (Å²) >= 11 is 1.74. The van der Waals surface area contributed by atoms with Gasteiger partial charge in [-0.3, -0.25) is 4.57 Å². The topological polar surface area (TPSA) is 30.7 Å². The third-order valence-electron chi connectivity index (χ3n) is 6.25. The zero-order valence-electron chi connectivity index (χ0n) is 18.2. The lowest BCUT2D eigenvalue weighted by atomic mass is 10.1. The van der Waals surface area contributed by atoms with Crippen LogP contribution >= 0.6 is 11.3 Å². The molecule has 0 saturated heterocycles. The van der Waals surface area contributed by atoms with Crippen LogP contribution < -0.4 is 0 Å². The molecule has 0 spiro atoms. The molecule has 0 saturated carbocycles. The van der Waals surface area contributed by atoms with Crippen LogP contribution in [0.4, 0.5) is 0 Å². The van der Waals surface area contributed by atoms with E-state index in [9.17, 15) is 0 Å². The number of thiophene rings is 1. The summed E-state index contributed by atoms with van der Waals surface area (Å²) in [5.41, 5.74) is 6.46. The van der Waals surface area contributed by atoms with Crippen LogP contribution in [0.15, 0.2) is 115 Å². The first-order chi connectivity index (χ1) is 16.9. The van der Waals surface area contributed by atoms with Gasteiger partial charge in [0.25, 0.3) is 0 Å². The number of nitrogens with zero attached hydrogens (tertiary/aromatic N) is 3. The number of imidazole rings is 1. The molecule has 0 fully saturated rings. The lowest BCUT2D eigenvalue weighted by Crippen LogP contribution is -1.97. The number of aromatic nitrogens is 3. The molecule has 0 bridgehead atoms. The van der Waals surface area contributed by atoms with E-state index in [0.717, 1.165) is 44.2 Å². The molecule has 0 aliphatic carbocycles. The monoisotopic (exact) mass is 453 g/mol. The summed E-state index contributed by atoms with van der Waals surface area (Å²) in [6.07, 6.45) is 0. The number of hydrogen-bond donors (Lipinski definition) is 0. The first-order valence-corrected chi connectivity index (χ1v) is 12.1. The Morgan fingerprint density at radius 3 is 2.21 bits per heavy atom. The van der Waals surface area contributed by atoms with E-state index in [1.54, 1.807) is 11.3 Å². The van der Waals surface area contributed by atoms with Crippen molar-refractivity contribution in [3.05, 3.63) is 115 Å². The van der Waals surface area contributed by atoms with Gasteiger partial charge in [-0.05, 0) is 42.5 Å². The third kappa shape index (κ3) is 2.96. The molecule has 34 heavy (non-hydrogen) atoms. The predicted molar refractivity (Wildman–Crippen MR) is 143 cm³/mol. The second kappa shape index (κ2) is 7.65. The normalized spacial score (nSPS) is 11.5. The van der Waals surface area contributed by atoms with E-state index in [-0.39, 0.29) is 0 Å². The molecule has 0 aliphatic heterocycles. The van der Waals surface area contributed by atoms with Gasteiger partial charge in [0.2, 0.25) is 0 Å². The lowest BCUT2D eigenvalue weighted by molar-refractivity contribution is 1.11. The molecule has 0 N–H and O–H groups in total. The van der Waals surface area contributed by atoms with Gasteiger partial charge in [-0.25, -0.2) is 9.97 Å². The van der Waals surface area contributed by atoms with Gasteiger partial charge in [-0.1, -0.05) is 72.8 Å². The zero-order chi connectivity index (χ0) is 22.5. The standard InChI is InChI=1S/C30H19N3S/c1-3-10-20(11-4-1)25-19-18-23-22-14-9-15-24(28(22)34-30(23)32-25)29-31-26-16-7-8-17-27(26)33(29)21-12-5-2-6-13-21/h1-19H. The van der Waals surface area contributed by atoms with Gasteiger partial charge in [0.1, 0.15) is 10.7 Å². The quantitative estimate of drug-likeness (QED) is 0.270. The molecule has 0 radical (unpaired) electrons. The molecule has 0 aliphatic rings. The van der Waals surface area contributed by atoms with Crippen molar-refractivity contribution in [2.24, 2.45) is 0 Å². The molecule has 0 amide bonds. The molecule has 4 aromatic carbocycles. The smallest absolute Gasteiger partial charge is 0.147 e. The number of hydrogen-bond acceptors (Lipinski definition) is 3. The maximum Gasteiger partial charge on any atom is 0.147 e. The van der Waals surface area contributed by atoms with Crippen molar-refractivity contribution >= 4 is 42.7 Å². The van der Waals surface area contributed by atoms with E-state index in [1.165, 1.54) is 15.5 Å². The van der Waals surface area contributed by atoms with E-state index < -0.39 is 0 Å². The van der Waals surface area contributed by atoms with Gasteiger partial charge >= 0.3 is 0 Å². The summed E-state index contributed by atoms with van der Waals surface area (Å²) in [6.45, 7) is 0. The number of para-hydroxylation sites is 3. The van der Waals surface area contributed by atoms with Crippen LogP contribution in [-0.2, 0) is 0 Å². The highest BCUT2D eigenvalue weighted by Gasteiger charge is 2.18. The van der Waals surface area contributed by atoms with E-state index in [4.69, 9.17) is 9.97 Å². The van der Waals surface area contributed by atoms with Crippen molar-refractivity contribution in [3.8, 4) is 28.3 Å². The second-order valence-corrected chi connectivity index (χ2v) is 9.29. The molecular formula is C30H19N3S. The van der Waals surface area contributed by atoms with Crippen molar-refractivity contribution in [3.63, 3.8) is 0 Å². The lowest BCUT2D eigenvalue weighted by Gasteiger charge is -2.10. The van der Waals surface area contributed by atoms with Gasteiger partial charge in [0.15, 0.2) is 0 Å². The molecule has 3 heterocycles. The molecule has 3 nitrogen and oxygen atoms in total. The van der Waals surface area contributed by atoms with Crippen molar-refractivity contribution in [2.45, 2.75) is 0 Å². The Hall–Kier alpha value is -4.28. The Balaban J connectivity index is 1.50. The van der Waals surface area contributed by atoms with E-state index >= 15 is 0 Å². The summed E-state index contributed by atoms with van der Waals surface area (Å²) < 4.78 is 3.47. The number of pyridine rings is 1. The third-order valence-corrected chi connectivity index (χ3v) is 7.40. The Morgan fingerprint density at radius 1 is 0.588 bits per heavy atom. The second-order valence-electron chi connectivity index (χ2n) is 8.29. The average Bonchev–Trinajstić information content (AvgIpc) is 3.48. The largest absolute Gasteiger partial charge is 0.292 e. The average molecular weight is 454 g/mol. The fraction of sp³-hybridized carbons (Fsp3) is 0. The van der Waals surface area contributed by atoms with Crippen LogP contribution in [0.3, 0.4) is 0 Å². The van der Waals surface area contributed by atoms with Gasteiger partial charge in [0, 0.05) is 32.3 Å². The van der Waals surface area contributed by atoms with Gasteiger partial charge in [-0.15, -0.1) is 11.3 Å². The molecule has 4 heteroatoms. The minimum absolute atomic E-state index is 0.952. The van der Waals surface area contributed by atoms with Crippen LogP contribution in [0, 0.1) is 0 Å². The van der Waals surface area contributed by atoms with Crippen LogP contribution in [-0.4, -0.2) is 14.5 Å². The summed E-state index contributed by atoms with van der Waals surface area (Å²) in [6, 6.07) is 40.0. The van der Waals surface area contributed by atoms with Crippen LogP contribution in [0.2, 0.25) is 0 Å². The highest BCUT2D eigenvalue weighted by Crippen LogP contribution is 2.41. The van der Waals surface area contributed by atoms with Crippen LogP contribution in [0.25, 0.3) is 59.7 Å². The molecule has 0 unspecified atom stereocenters. The van der Waals surface area contributed by atoms with Crippen LogP contribution in [0.5, 0.6) is 0 Å². The number of fused-ring (bicyclic) bond motifs is 4. The van der Waals surface area contributed by atoms with E-state index in [0.29, 0.717) is 0 Å². The van der Waals surface area contributed by atoms with Crippen LogP contribution in [0.1, 0.15) is 0 Å². The van der Waals surface area contributed by atoms with Crippen molar-refractivity contribution in [2.75, 3.05) is 0 Å². The van der Waals surface area contributed by atoms with Gasteiger partial charge < -0.3 is 0 Å². The molecule has 0 atom stereocenters. The molecular weight excluding hydrogens is 434 g/mol. The number of rotatable bonds is 3. The highest BCUT2D eigenvalue weighted by atomic mass is 32.1. The fourth-order valence-electron chi connectivity index (χ4n) is 4.67. The maximum atomic E-state index is 5.09. The van der Waals surface area contributed by atoms with E-state index in [1.807, 2.05) is 18.2 Å². The minimum atomic E-state index is 0.952. The summed E-state index contributed by atoms with van der Waals surface area (Å²) in [5.74, 6) is 0.952.